The van der Waals surface area contributed by atoms with Crippen LogP contribution in [0.3, 0.4) is 0 Å². The fourth-order valence-corrected chi connectivity index (χ4v) is 4.10. The summed E-state index contributed by atoms with van der Waals surface area (Å²) in [7, 11) is 0. The second-order valence-electron chi connectivity index (χ2n) is 7.39. The van der Waals surface area contributed by atoms with Gasteiger partial charge in [-0.25, -0.2) is 9.78 Å². The van der Waals surface area contributed by atoms with Crippen LogP contribution in [0.1, 0.15) is 28.8 Å². The highest BCUT2D eigenvalue weighted by Crippen LogP contribution is 2.41. The van der Waals surface area contributed by atoms with Crippen LogP contribution in [0.4, 0.5) is 4.79 Å². The van der Waals surface area contributed by atoms with Crippen molar-refractivity contribution in [2.45, 2.75) is 31.8 Å². The smallest absolute Gasteiger partial charge is 0.325 e. The number of nitrogens with zero attached hydrogens (tertiary/aromatic N) is 2. The summed E-state index contributed by atoms with van der Waals surface area (Å²) < 4.78 is 5.56. The SMILES string of the molecule is Cc1ccc(-c2nc(CN3C(=O)NC4(CCc5ccccc54)C3=O)co2)cc1. The monoisotopic (exact) mass is 373 g/mol. The topological polar surface area (TPSA) is 75.4 Å². The molecule has 2 aliphatic rings. The molecule has 5 rings (SSSR count). The maximum atomic E-state index is 13.2. The van der Waals surface area contributed by atoms with Crippen LogP contribution in [0.15, 0.2) is 59.2 Å². The third-order valence-electron chi connectivity index (χ3n) is 5.59. The number of carbonyl (C=O) groups excluding carboxylic acids is 2. The number of aromatic nitrogens is 1. The fraction of sp³-hybridized carbons (Fsp3) is 0.227. The Morgan fingerprint density at radius 3 is 2.75 bits per heavy atom. The van der Waals surface area contributed by atoms with Crippen LogP contribution in [-0.4, -0.2) is 21.8 Å². The first-order chi connectivity index (χ1) is 13.6. The maximum absolute atomic E-state index is 13.2. The summed E-state index contributed by atoms with van der Waals surface area (Å²) in [5.41, 5.74) is 3.61. The molecule has 1 spiro atoms. The summed E-state index contributed by atoms with van der Waals surface area (Å²) in [6.07, 6.45) is 2.86. The summed E-state index contributed by atoms with van der Waals surface area (Å²) in [5, 5.41) is 2.93. The largest absolute Gasteiger partial charge is 0.444 e. The molecule has 1 unspecified atom stereocenters. The van der Waals surface area contributed by atoms with Crippen LogP contribution in [0.5, 0.6) is 0 Å². The van der Waals surface area contributed by atoms with E-state index in [0.29, 0.717) is 18.0 Å². The Bertz CT molecular complexity index is 1090. The number of fused-ring (bicyclic) bond motifs is 2. The van der Waals surface area contributed by atoms with E-state index in [1.54, 1.807) is 0 Å². The highest BCUT2D eigenvalue weighted by Gasteiger charge is 2.55. The molecular formula is C22H19N3O3. The average molecular weight is 373 g/mol. The number of carbonyl (C=O) groups is 2. The van der Waals surface area contributed by atoms with Gasteiger partial charge in [-0.2, -0.15) is 0 Å². The van der Waals surface area contributed by atoms with Crippen molar-refractivity contribution in [1.29, 1.82) is 0 Å². The molecule has 1 saturated heterocycles. The number of imide groups is 1. The van der Waals surface area contributed by atoms with E-state index in [9.17, 15) is 9.59 Å². The van der Waals surface area contributed by atoms with E-state index < -0.39 is 5.54 Å². The Kier molecular flexibility index (Phi) is 3.62. The van der Waals surface area contributed by atoms with Gasteiger partial charge in [0.2, 0.25) is 5.89 Å². The van der Waals surface area contributed by atoms with Crippen molar-refractivity contribution in [2.75, 3.05) is 0 Å². The zero-order valence-electron chi connectivity index (χ0n) is 15.4. The molecule has 3 amide bonds. The Morgan fingerprint density at radius 1 is 1.14 bits per heavy atom. The minimum Gasteiger partial charge on any atom is -0.444 e. The third-order valence-corrected chi connectivity index (χ3v) is 5.59. The lowest BCUT2D eigenvalue weighted by Crippen LogP contribution is -2.41. The molecule has 2 heterocycles. The number of oxazole rings is 1. The standard InChI is InChI=1S/C22H19N3O3/c1-14-6-8-16(9-7-14)19-23-17(13-28-19)12-25-20(26)22(24-21(25)27)11-10-15-4-2-3-5-18(15)22/h2-9,13H,10-12H2,1H3,(H,24,27). The molecule has 6 nitrogen and oxygen atoms in total. The summed E-state index contributed by atoms with van der Waals surface area (Å²) >= 11 is 0. The van der Waals surface area contributed by atoms with Gasteiger partial charge in [-0.15, -0.1) is 0 Å². The van der Waals surface area contributed by atoms with Crippen molar-refractivity contribution in [3.05, 3.63) is 77.2 Å². The predicted octanol–water partition coefficient (Wildman–Crippen LogP) is 3.54. The Balaban J connectivity index is 1.40. The summed E-state index contributed by atoms with van der Waals surface area (Å²) in [6.45, 7) is 2.10. The highest BCUT2D eigenvalue weighted by atomic mass is 16.3. The van der Waals surface area contributed by atoms with Crippen LogP contribution in [0, 0.1) is 6.92 Å². The van der Waals surface area contributed by atoms with Crippen molar-refractivity contribution >= 4 is 11.9 Å². The van der Waals surface area contributed by atoms with E-state index in [1.165, 1.54) is 11.2 Å². The number of benzene rings is 2. The fourth-order valence-electron chi connectivity index (χ4n) is 4.10. The molecule has 1 N–H and O–H groups in total. The van der Waals surface area contributed by atoms with Crippen molar-refractivity contribution in [1.82, 2.24) is 15.2 Å². The molecule has 1 aliphatic carbocycles. The minimum atomic E-state index is -0.947. The first-order valence-corrected chi connectivity index (χ1v) is 9.31. The molecule has 2 aromatic carbocycles. The molecule has 1 aromatic heterocycles. The second kappa shape index (κ2) is 6.05. The Hall–Kier alpha value is -3.41. The number of aryl methyl sites for hydroxylation is 2. The molecule has 28 heavy (non-hydrogen) atoms. The molecule has 1 aliphatic heterocycles. The number of rotatable bonds is 3. The number of urea groups is 1. The van der Waals surface area contributed by atoms with E-state index >= 15 is 0 Å². The molecule has 3 aromatic rings. The quantitative estimate of drug-likeness (QED) is 0.713. The van der Waals surface area contributed by atoms with Gasteiger partial charge in [-0.1, -0.05) is 42.0 Å². The minimum absolute atomic E-state index is 0.0872. The van der Waals surface area contributed by atoms with Gasteiger partial charge in [0.1, 0.15) is 11.8 Å². The van der Waals surface area contributed by atoms with Crippen LogP contribution in [-0.2, 0) is 23.3 Å². The van der Waals surface area contributed by atoms with Gasteiger partial charge in [0, 0.05) is 5.56 Å². The summed E-state index contributed by atoms with van der Waals surface area (Å²) in [5.74, 6) is 0.255. The first-order valence-electron chi connectivity index (χ1n) is 9.31. The van der Waals surface area contributed by atoms with Crippen molar-refractivity contribution in [2.24, 2.45) is 0 Å². The normalized spacial score (nSPS) is 20.7. The molecule has 0 radical (unpaired) electrons. The predicted molar refractivity (Wildman–Crippen MR) is 102 cm³/mol. The van der Waals surface area contributed by atoms with Gasteiger partial charge in [-0.3, -0.25) is 9.69 Å². The van der Waals surface area contributed by atoms with Crippen LogP contribution < -0.4 is 5.32 Å². The molecule has 6 heteroatoms. The van der Waals surface area contributed by atoms with Crippen LogP contribution in [0.25, 0.3) is 11.5 Å². The van der Waals surface area contributed by atoms with E-state index in [-0.39, 0.29) is 18.5 Å². The second-order valence-corrected chi connectivity index (χ2v) is 7.39. The van der Waals surface area contributed by atoms with E-state index in [4.69, 9.17) is 4.42 Å². The van der Waals surface area contributed by atoms with E-state index in [0.717, 1.165) is 28.7 Å². The van der Waals surface area contributed by atoms with Gasteiger partial charge in [0.05, 0.1) is 12.2 Å². The molecule has 140 valence electrons. The summed E-state index contributed by atoms with van der Waals surface area (Å²) in [4.78, 5) is 31.5. The third kappa shape index (κ3) is 2.45. The molecule has 1 fully saturated rings. The van der Waals surface area contributed by atoms with Gasteiger partial charge in [-0.05, 0) is 43.0 Å². The van der Waals surface area contributed by atoms with E-state index in [1.807, 2.05) is 55.5 Å². The van der Waals surface area contributed by atoms with Crippen molar-refractivity contribution < 1.29 is 14.0 Å². The van der Waals surface area contributed by atoms with Crippen LogP contribution >= 0.6 is 0 Å². The van der Waals surface area contributed by atoms with Crippen molar-refractivity contribution in [3.8, 4) is 11.5 Å². The molecular weight excluding hydrogens is 354 g/mol. The summed E-state index contributed by atoms with van der Waals surface area (Å²) in [6, 6.07) is 15.2. The van der Waals surface area contributed by atoms with Gasteiger partial charge >= 0.3 is 6.03 Å². The molecule has 0 bridgehead atoms. The van der Waals surface area contributed by atoms with Crippen molar-refractivity contribution in [3.63, 3.8) is 0 Å². The molecule has 1 atom stereocenters. The lowest BCUT2D eigenvalue weighted by atomic mass is 9.92. The first kappa shape index (κ1) is 16.7. The van der Waals surface area contributed by atoms with E-state index in [2.05, 4.69) is 10.3 Å². The lowest BCUT2D eigenvalue weighted by Gasteiger charge is -2.22. The van der Waals surface area contributed by atoms with Gasteiger partial charge in [0.15, 0.2) is 0 Å². The van der Waals surface area contributed by atoms with Crippen LogP contribution in [0.2, 0.25) is 0 Å². The van der Waals surface area contributed by atoms with Gasteiger partial charge < -0.3 is 9.73 Å². The number of hydrogen-bond donors (Lipinski definition) is 1. The maximum Gasteiger partial charge on any atom is 0.325 e. The van der Waals surface area contributed by atoms with Gasteiger partial charge in [0.25, 0.3) is 5.91 Å². The highest BCUT2D eigenvalue weighted by molar-refractivity contribution is 6.08. The average Bonchev–Trinajstić information content (AvgIpc) is 3.37. The Morgan fingerprint density at radius 2 is 1.93 bits per heavy atom. The Labute approximate surface area is 162 Å². The zero-order chi connectivity index (χ0) is 19.3. The number of amides is 3. The molecule has 0 saturated carbocycles. The zero-order valence-corrected chi connectivity index (χ0v) is 15.4. The lowest BCUT2D eigenvalue weighted by molar-refractivity contribution is -0.132. The number of hydrogen-bond acceptors (Lipinski definition) is 4. The number of nitrogens with one attached hydrogen (secondary N) is 1.